The molecule has 0 saturated carbocycles. The Kier molecular flexibility index (Phi) is 5.97. The van der Waals surface area contributed by atoms with Gasteiger partial charge in [0.2, 0.25) is 11.8 Å². The van der Waals surface area contributed by atoms with E-state index in [4.69, 9.17) is 12.2 Å². The van der Waals surface area contributed by atoms with Gasteiger partial charge in [-0.3, -0.25) is 14.2 Å². The van der Waals surface area contributed by atoms with Crippen molar-refractivity contribution < 1.29 is 22.7 Å². The fraction of sp³-hybridized carbons (Fsp3) is 0.222. The van der Waals surface area contributed by atoms with E-state index in [0.717, 1.165) is 0 Å². The maximum Gasteiger partial charge on any atom is 0.422 e. The van der Waals surface area contributed by atoms with E-state index in [1.165, 1.54) is 22.9 Å². The van der Waals surface area contributed by atoms with Crippen molar-refractivity contribution in [3.63, 3.8) is 0 Å². The molecule has 0 aliphatic rings. The molecule has 0 atom stereocenters. The molecule has 7 nitrogen and oxygen atoms in total. The number of amides is 1. The lowest BCUT2D eigenvalue weighted by atomic mass is 10.2. The number of hydrogen-bond acceptors (Lipinski definition) is 5. The smallest absolute Gasteiger partial charge is 0.422 e. The van der Waals surface area contributed by atoms with Crippen LogP contribution in [0.15, 0.2) is 47.4 Å². The summed E-state index contributed by atoms with van der Waals surface area (Å²) in [4.78, 5) is 31.3. The predicted molar refractivity (Wildman–Crippen MR) is 102 cm³/mol. The molecule has 3 aromatic rings. The second-order valence-corrected chi connectivity index (χ2v) is 6.41. The highest BCUT2D eigenvalue weighted by atomic mass is 32.1. The number of fused-ring (bicyclic) bond motifs is 1. The van der Waals surface area contributed by atoms with Gasteiger partial charge in [0.25, 0.3) is 5.56 Å². The number of rotatable bonds is 6. The number of ether oxygens (including phenoxy) is 1. The minimum Gasteiger partial charge on any atom is -0.468 e. The van der Waals surface area contributed by atoms with E-state index < -0.39 is 18.7 Å². The molecule has 1 aromatic carbocycles. The van der Waals surface area contributed by atoms with Crippen molar-refractivity contribution >= 4 is 34.7 Å². The predicted octanol–water partition coefficient (Wildman–Crippen LogP) is 3.42. The van der Waals surface area contributed by atoms with Crippen LogP contribution >= 0.6 is 12.2 Å². The average Bonchev–Trinajstić information content (AvgIpc) is 2.66. The Balaban J connectivity index is 1.61. The molecule has 2 N–H and O–H groups in total. The molecular formula is C18H15F3N4O3S. The van der Waals surface area contributed by atoms with Gasteiger partial charge in [0.05, 0.1) is 22.8 Å². The van der Waals surface area contributed by atoms with Crippen molar-refractivity contribution in [3.05, 3.63) is 57.7 Å². The van der Waals surface area contributed by atoms with Crippen LogP contribution in [0.1, 0.15) is 6.42 Å². The fourth-order valence-electron chi connectivity index (χ4n) is 2.53. The summed E-state index contributed by atoms with van der Waals surface area (Å²) in [6, 6.07) is 9.48. The molecule has 0 radical (unpaired) electrons. The van der Waals surface area contributed by atoms with Gasteiger partial charge in [-0.2, -0.15) is 13.2 Å². The summed E-state index contributed by atoms with van der Waals surface area (Å²) in [6.45, 7) is -1.39. The second-order valence-electron chi connectivity index (χ2n) is 6.02. The number of hydrogen-bond donors (Lipinski definition) is 2. The minimum atomic E-state index is -4.46. The highest BCUT2D eigenvalue weighted by Crippen LogP contribution is 2.18. The molecule has 1 amide bonds. The van der Waals surface area contributed by atoms with Crippen LogP contribution in [0.5, 0.6) is 5.88 Å². The maximum atomic E-state index is 12.5. The molecule has 3 rings (SSSR count). The lowest BCUT2D eigenvalue weighted by Gasteiger charge is -2.10. The molecule has 0 unspecified atom stereocenters. The van der Waals surface area contributed by atoms with Gasteiger partial charge in [0, 0.05) is 19.0 Å². The van der Waals surface area contributed by atoms with E-state index in [9.17, 15) is 22.8 Å². The summed E-state index contributed by atoms with van der Waals surface area (Å²) in [6.07, 6.45) is -3.32. The first-order valence-corrected chi connectivity index (χ1v) is 8.81. The Morgan fingerprint density at radius 2 is 2.00 bits per heavy atom. The molecule has 0 spiro atoms. The fourth-order valence-corrected chi connectivity index (χ4v) is 2.82. The third-order valence-corrected chi connectivity index (χ3v) is 4.18. The van der Waals surface area contributed by atoms with Crippen LogP contribution in [0.25, 0.3) is 10.9 Å². The highest BCUT2D eigenvalue weighted by molar-refractivity contribution is 7.71. The number of aromatic amines is 1. The van der Waals surface area contributed by atoms with Crippen LogP contribution < -0.4 is 15.6 Å². The molecule has 11 heteroatoms. The van der Waals surface area contributed by atoms with Crippen molar-refractivity contribution in [2.24, 2.45) is 0 Å². The summed E-state index contributed by atoms with van der Waals surface area (Å²) >= 11 is 5.19. The maximum absolute atomic E-state index is 12.5. The van der Waals surface area contributed by atoms with Crippen molar-refractivity contribution in [2.45, 2.75) is 19.1 Å². The topological polar surface area (TPSA) is 89.0 Å². The van der Waals surface area contributed by atoms with Crippen LogP contribution in [0.4, 0.5) is 18.9 Å². The minimum absolute atomic E-state index is 0.0396. The number of benzene rings is 1. The SMILES string of the molecule is O=C(CCn1c(=S)[nH]c2ccccc2c1=O)Nc1ccc(OCC(F)(F)F)nc1. The third kappa shape index (κ3) is 5.41. The quantitative estimate of drug-likeness (QED) is 0.592. The van der Waals surface area contributed by atoms with Gasteiger partial charge in [-0.05, 0) is 30.4 Å². The van der Waals surface area contributed by atoms with E-state index in [-0.39, 0.29) is 34.9 Å². The van der Waals surface area contributed by atoms with Gasteiger partial charge in [0.1, 0.15) is 0 Å². The second kappa shape index (κ2) is 8.43. The molecular weight excluding hydrogens is 409 g/mol. The zero-order valence-corrected chi connectivity index (χ0v) is 15.6. The van der Waals surface area contributed by atoms with Crippen LogP contribution in [-0.4, -0.2) is 33.2 Å². The van der Waals surface area contributed by atoms with E-state index in [1.807, 2.05) is 0 Å². The van der Waals surface area contributed by atoms with Gasteiger partial charge in [-0.25, -0.2) is 4.98 Å². The average molecular weight is 424 g/mol. The van der Waals surface area contributed by atoms with Crippen molar-refractivity contribution in [1.29, 1.82) is 0 Å². The van der Waals surface area contributed by atoms with Crippen molar-refractivity contribution in [3.8, 4) is 5.88 Å². The molecule has 29 heavy (non-hydrogen) atoms. The summed E-state index contributed by atoms with van der Waals surface area (Å²) < 4.78 is 42.3. The number of nitrogens with zero attached hydrogens (tertiary/aromatic N) is 2. The van der Waals surface area contributed by atoms with Gasteiger partial charge in [-0.1, -0.05) is 12.1 Å². The van der Waals surface area contributed by atoms with Crippen molar-refractivity contribution in [2.75, 3.05) is 11.9 Å². The number of nitrogens with one attached hydrogen (secondary N) is 2. The normalized spacial score (nSPS) is 11.4. The first kappa shape index (κ1) is 20.5. The van der Waals surface area contributed by atoms with E-state index in [1.54, 1.807) is 24.3 Å². The number of halogens is 3. The number of aromatic nitrogens is 3. The molecule has 0 bridgehead atoms. The van der Waals surface area contributed by atoms with Gasteiger partial charge in [0.15, 0.2) is 11.4 Å². The lowest BCUT2D eigenvalue weighted by molar-refractivity contribution is -0.154. The van der Waals surface area contributed by atoms with Gasteiger partial charge in [-0.15, -0.1) is 0 Å². The lowest BCUT2D eigenvalue weighted by Crippen LogP contribution is -2.25. The molecule has 2 aromatic heterocycles. The number of anilines is 1. The number of pyridine rings is 1. The van der Waals surface area contributed by atoms with Crippen LogP contribution in [-0.2, 0) is 11.3 Å². The number of para-hydroxylation sites is 1. The zero-order valence-electron chi connectivity index (χ0n) is 14.8. The molecule has 0 saturated heterocycles. The zero-order chi connectivity index (χ0) is 21.0. The Morgan fingerprint density at radius 1 is 1.24 bits per heavy atom. The number of carbonyl (C=O) groups excluding carboxylic acids is 1. The number of H-pyrrole nitrogens is 1. The third-order valence-electron chi connectivity index (χ3n) is 3.86. The standard InChI is InChI=1S/C18H15F3N4O3S/c19-18(20,21)10-28-15-6-5-11(9-22-15)23-14(26)7-8-25-16(27)12-3-1-2-4-13(12)24-17(25)29/h1-6,9H,7-8,10H2,(H,23,26)(H,24,29). The van der Waals surface area contributed by atoms with Crippen LogP contribution in [0.2, 0.25) is 0 Å². The van der Waals surface area contributed by atoms with Gasteiger partial charge < -0.3 is 15.0 Å². The molecule has 0 aliphatic carbocycles. The summed E-state index contributed by atoms with van der Waals surface area (Å²) in [5.41, 5.74) is 0.595. The Bertz CT molecular complexity index is 1140. The first-order chi connectivity index (χ1) is 13.7. The number of carbonyl (C=O) groups is 1. The Hall–Kier alpha value is -3.21. The number of alkyl halides is 3. The summed E-state index contributed by atoms with van der Waals surface area (Å²) in [5.74, 6) is -0.625. The molecule has 0 aliphatic heterocycles. The largest absolute Gasteiger partial charge is 0.468 e. The molecule has 0 fully saturated rings. The summed E-state index contributed by atoms with van der Waals surface area (Å²) in [5, 5.41) is 3.01. The monoisotopic (exact) mass is 424 g/mol. The van der Waals surface area contributed by atoms with Crippen molar-refractivity contribution in [1.82, 2.24) is 14.5 Å². The highest BCUT2D eigenvalue weighted by Gasteiger charge is 2.28. The van der Waals surface area contributed by atoms with Crippen LogP contribution in [0, 0.1) is 4.77 Å². The Labute approximate surface area is 167 Å². The molecule has 2 heterocycles. The summed E-state index contributed by atoms with van der Waals surface area (Å²) in [7, 11) is 0. The van der Waals surface area contributed by atoms with E-state index >= 15 is 0 Å². The molecule has 152 valence electrons. The Morgan fingerprint density at radius 3 is 2.69 bits per heavy atom. The first-order valence-electron chi connectivity index (χ1n) is 8.40. The van der Waals surface area contributed by atoms with E-state index in [2.05, 4.69) is 20.0 Å². The van der Waals surface area contributed by atoms with E-state index in [0.29, 0.717) is 10.9 Å². The van der Waals surface area contributed by atoms with Crippen LogP contribution in [0.3, 0.4) is 0 Å². The van der Waals surface area contributed by atoms with Gasteiger partial charge >= 0.3 is 6.18 Å².